The molecule has 3 aromatic carbocycles. The molecule has 0 bridgehead atoms. The van der Waals surface area contributed by atoms with Crippen molar-refractivity contribution >= 4 is 17.5 Å². The minimum Gasteiger partial charge on any atom is -0.316 e. The first kappa shape index (κ1) is 21.3. The van der Waals surface area contributed by atoms with E-state index in [0.717, 1.165) is 24.1 Å². The number of amides is 2. The Hall–Kier alpha value is -3.44. The molecular formula is C25H26N2O3. The Morgan fingerprint density at radius 2 is 1.43 bits per heavy atom. The maximum atomic E-state index is 12.5. The standard InChI is InChI=1S/C25H26N2O3/c1-27(24(28)14-8-13-20-9-4-2-5-10-20)23-17-15-22(16-18-23)25(29)26-30-19-21-11-6-3-7-12-21/h2-7,9-12,15-18H,8,13-14,19H2,1H3,(H,26,29). The smallest absolute Gasteiger partial charge is 0.274 e. The van der Waals surface area contributed by atoms with Crippen LogP contribution < -0.4 is 10.4 Å². The molecule has 0 aliphatic heterocycles. The summed E-state index contributed by atoms with van der Waals surface area (Å²) in [5, 5.41) is 0. The number of hydroxylamine groups is 1. The summed E-state index contributed by atoms with van der Waals surface area (Å²) >= 11 is 0. The van der Waals surface area contributed by atoms with E-state index < -0.39 is 0 Å². The van der Waals surface area contributed by atoms with Crippen molar-refractivity contribution in [3.8, 4) is 0 Å². The third-order valence-corrected chi connectivity index (χ3v) is 4.84. The first-order valence-electron chi connectivity index (χ1n) is 10.00. The summed E-state index contributed by atoms with van der Waals surface area (Å²) in [5.41, 5.74) is 5.87. The van der Waals surface area contributed by atoms with E-state index in [9.17, 15) is 9.59 Å². The number of carbonyl (C=O) groups excluding carboxylic acids is 2. The van der Waals surface area contributed by atoms with Crippen LogP contribution in [0.1, 0.15) is 34.3 Å². The van der Waals surface area contributed by atoms with E-state index >= 15 is 0 Å². The molecule has 0 radical (unpaired) electrons. The first-order chi connectivity index (χ1) is 14.6. The minimum atomic E-state index is -0.325. The molecule has 1 N–H and O–H groups in total. The van der Waals surface area contributed by atoms with Gasteiger partial charge >= 0.3 is 0 Å². The van der Waals surface area contributed by atoms with E-state index in [1.165, 1.54) is 5.56 Å². The SMILES string of the molecule is CN(C(=O)CCCc1ccccc1)c1ccc(C(=O)NOCc2ccccc2)cc1. The number of nitrogens with zero attached hydrogens (tertiary/aromatic N) is 1. The Balaban J connectivity index is 1.45. The van der Waals surface area contributed by atoms with Crippen molar-refractivity contribution in [3.63, 3.8) is 0 Å². The molecule has 0 atom stereocenters. The average molecular weight is 402 g/mol. The molecule has 0 saturated heterocycles. The number of hydrogen-bond donors (Lipinski definition) is 1. The van der Waals surface area contributed by atoms with Gasteiger partial charge in [0.2, 0.25) is 5.91 Å². The van der Waals surface area contributed by atoms with E-state index in [4.69, 9.17) is 4.84 Å². The molecule has 5 heteroatoms. The van der Waals surface area contributed by atoms with Gasteiger partial charge in [-0.05, 0) is 48.2 Å². The largest absolute Gasteiger partial charge is 0.316 e. The lowest BCUT2D eigenvalue weighted by Gasteiger charge is -2.17. The highest BCUT2D eigenvalue weighted by Crippen LogP contribution is 2.16. The molecule has 0 aliphatic carbocycles. The van der Waals surface area contributed by atoms with E-state index in [2.05, 4.69) is 17.6 Å². The lowest BCUT2D eigenvalue weighted by atomic mass is 10.1. The summed E-state index contributed by atoms with van der Waals surface area (Å²) in [6.45, 7) is 0.297. The summed E-state index contributed by atoms with van der Waals surface area (Å²) in [5.74, 6) is -0.274. The Morgan fingerprint density at radius 1 is 0.833 bits per heavy atom. The van der Waals surface area contributed by atoms with Crippen LogP contribution in [0.4, 0.5) is 5.69 Å². The third kappa shape index (κ3) is 6.29. The van der Waals surface area contributed by atoms with Crippen LogP contribution in [0.3, 0.4) is 0 Å². The molecule has 3 rings (SSSR count). The fraction of sp³-hybridized carbons (Fsp3) is 0.200. The van der Waals surface area contributed by atoms with Crippen LogP contribution in [0, 0.1) is 0 Å². The molecule has 154 valence electrons. The Labute approximate surface area is 177 Å². The first-order valence-corrected chi connectivity index (χ1v) is 10.00. The molecule has 0 unspecified atom stereocenters. The minimum absolute atomic E-state index is 0.0503. The molecule has 3 aromatic rings. The van der Waals surface area contributed by atoms with Gasteiger partial charge in [-0.3, -0.25) is 14.4 Å². The summed E-state index contributed by atoms with van der Waals surface area (Å²) in [4.78, 5) is 31.6. The second kappa shape index (κ2) is 10.9. The number of nitrogens with one attached hydrogen (secondary N) is 1. The van der Waals surface area contributed by atoms with Crippen molar-refractivity contribution < 1.29 is 14.4 Å². The normalized spacial score (nSPS) is 10.4. The van der Waals surface area contributed by atoms with Crippen LogP contribution in [-0.2, 0) is 22.7 Å². The number of benzene rings is 3. The Bertz CT molecular complexity index is 941. The quantitative estimate of drug-likeness (QED) is 0.535. The maximum Gasteiger partial charge on any atom is 0.274 e. The van der Waals surface area contributed by atoms with Gasteiger partial charge in [-0.1, -0.05) is 60.7 Å². The van der Waals surface area contributed by atoms with E-state index in [0.29, 0.717) is 18.6 Å². The lowest BCUT2D eigenvalue weighted by Crippen LogP contribution is -2.26. The number of carbonyl (C=O) groups is 2. The number of aryl methyl sites for hydroxylation is 1. The van der Waals surface area contributed by atoms with Gasteiger partial charge < -0.3 is 4.90 Å². The fourth-order valence-electron chi connectivity index (χ4n) is 3.05. The van der Waals surface area contributed by atoms with Gasteiger partial charge in [0.1, 0.15) is 0 Å². The second-order valence-electron chi connectivity index (χ2n) is 7.04. The highest BCUT2D eigenvalue weighted by Gasteiger charge is 2.12. The predicted molar refractivity (Wildman–Crippen MR) is 118 cm³/mol. The van der Waals surface area contributed by atoms with Crippen LogP contribution in [0.15, 0.2) is 84.9 Å². The zero-order valence-corrected chi connectivity index (χ0v) is 17.1. The van der Waals surface area contributed by atoms with Crippen molar-refractivity contribution in [2.75, 3.05) is 11.9 Å². The van der Waals surface area contributed by atoms with Crippen molar-refractivity contribution in [1.82, 2.24) is 5.48 Å². The van der Waals surface area contributed by atoms with Crippen LogP contribution in [0.2, 0.25) is 0 Å². The Kier molecular flexibility index (Phi) is 7.75. The van der Waals surface area contributed by atoms with Gasteiger partial charge in [-0.2, -0.15) is 0 Å². The Morgan fingerprint density at radius 3 is 2.07 bits per heavy atom. The van der Waals surface area contributed by atoms with Gasteiger partial charge in [0.25, 0.3) is 5.91 Å². The van der Waals surface area contributed by atoms with Crippen LogP contribution in [0.25, 0.3) is 0 Å². The van der Waals surface area contributed by atoms with Gasteiger partial charge in [0, 0.05) is 24.7 Å². The molecule has 5 nitrogen and oxygen atoms in total. The molecule has 0 saturated carbocycles. The predicted octanol–water partition coefficient (Wildman–Crippen LogP) is 4.53. The van der Waals surface area contributed by atoms with Crippen molar-refractivity contribution in [3.05, 3.63) is 102 Å². The summed E-state index contributed by atoms with van der Waals surface area (Å²) in [6, 6.07) is 26.6. The highest BCUT2D eigenvalue weighted by molar-refractivity contribution is 5.96. The van der Waals surface area contributed by atoms with E-state index in [1.54, 1.807) is 36.2 Å². The second-order valence-corrected chi connectivity index (χ2v) is 7.04. The van der Waals surface area contributed by atoms with Crippen molar-refractivity contribution in [2.45, 2.75) is 25.9 Å². The topological polar surface area (TPSA) is 58.6 Å². The van der Waals surface area contributed by atoms with E-state index in [1.807, 2.05) is 48.5 Å². The zero-order valence-electron chi connectivity index (χ0n) is 17.1. The van der Waals surface area contributed by atoms with Gasteiger partial charge in [-0.15, -0.1) is 0 Å². The van der Waals surface area contributed by atoms with E-state index in [-0.39, 0.29) is 11.8 Å². The molecule has 2 amide bonds. The van der Waals surface area contributed by atoms with Gasteiger partial charge in [-0.25, -0.2) is 5.48 Å². The lowest BCUT2D eigenvalue weighted by molar-refractivity contribution is -0.118. The summed E-state index contributed by atoms with van der Waals surface area (Å²) in [7, 11) is 1.75. The molecule has 0 spiro atoms. The van der Waals surface area contributed by atoms with Crippen molar-refractivity contribution in [2.24, 2.45) is 0 Å². The van der Waals surface area contributed by atoms with Gasteiger partial charge in [0.05, 0.1) is 6.61 Å². The van der Waals surface area contributed by atoms with Crippen molar-refractivity contribution in [1.29, 1.82) is 0 Å². The molecule has 0 heterocycles. The number of hydrogen-bond acceptors (Lipinski definition) is 3. The zero-order chi connectivity index (χ0) is 21.2. The maximum absolute atomic E-state index is 12.5. The number of rotatable bonds is 9. The molecule has 0 fully saturated rings. The summed E-state index contributed by atoms with van der Waals surface area (Å²) in [6.07, 6.45) is 2.15. The number of anilines is 1. The molecular weight excluding hydrogens is 376 g/mol. The van der Waals surface area contributed by atoms with Gasteiger partial charge in [0.15, 0.2) is 0 Å². The highest BCUT2D eigenvalue weighted by atomic mass is 16.6. The van der Waals surface area contributed by atoms with Crippen LogP contribution in [0.5, 0.6) is 0 Å². The fourth-order valence-corrected chi connectivity index (χ4v) is 3.05. The van der Waals surface area contributed by atoms with Crippen LogP contribution in [-0.4, -0.2) is 18.9 Å². The van der Waals surface area contributed by atoms with Crippen LogP contribution >= 0.6 is 0 Å². The third-order valence-electron chi connectivity index (χ3n) is 4.84. The molecule has 0 aromatic heterocycles. The average Bonchev–Trinajstić information content (AvgIpc) is 2.80. The summed E-state index contributed by atoms with van der Waals surface area (Å²) < 4.78 is 0. The molecule has 0 aliphatic rings. The molecule has 30 heavy (non-hydrogen) atoms. The monoisotopic (exact) mass is 402 g/mol.